The Morgan fingerprint density at radius 1 is 1.29 bits per heavy atom. The number of aliphatic carboxylic acids is 1. The summed E-state index contributed by atoms with van der Waals surface area (Å²) in [4.78, 5) is 23.1. The van der Waals surface area contributed by atoms with Gasteiger partial charge in [0.15, 0.2) is 0 Å². The number of amides is 1. The van der Waals surface area contributed by atoms with E-state index in [0.717, 1.165) is 25.9 Å². The summed E-state index contributed by atoms with van der Waals surface area (Å²) in [6, 6.07) is 0. The first-order valence-electron chi connectivity index (χ1n) is 6.14. The van der Waals surface area contributed by atoms with E-state index < -0.39 is 11.4 Å². The number of hydrogen-bond donors (Lipinski definition) is 2. The molecule has 2 aliphatic rings. The van der Waals surface area contributed by atoms with Crippen molar-refractivity contribution in [2.24, 2.45) is 5.41 Å². The minimum Gasteiger partial charge on any atom is -0.480 e. The van der Waals surface area contributed by atoms with E-state index >= 15 is 0 Å². The molecule has 0 radical (unpaired) electrons. The third kappa shape index (κ3) is 2.16. The molecule has 0 aromatic rings. The first-order valence-corrected chi connectivity index (χ1v) is 6.14. The van der Waals surface area contributed by atoms with Crippen molar-refractivity contribution in [3.63, 3.8) is 0 Å². The van der Waals surface area contributed by atoms with Crippen molar-refractivity contribution >= 4 is 11.9 Å². The average molecular weight is 241 g/mol. The van der Waals surface area contributed by atoms with Crippen molar-refractivity contribution < 1.29 is 19.4 Å². The summed E-state index contributed by atoms with van der Waals surface area (Å²) in [7, 11) is 0. The van der Waals surface area contributed by atoms with Crippen molar-refractivity contribution in [2.45, 2.75) is 44.6 Å². The van der Waals surface area contributed by atoms with E-state index in [9.17, 15) is 9.59 Å². The minimum atomic E-state index is -1.17. The van der Waals surface area contributed by atoms with Gasteiger partial charge in [0, 0.05) is 13.2 Å². The summed E-state index contributed by atoms with van der Waals surface area (Å²) in [5.74, 6) is -1.35. The third-order valence-electron chi connectivity index (χ3n) is 3.97. The highest BCUT2D eigenvalue weighted by atomic mass is 16.5. The van der Waals surface area contributed by atoms with Crippen molar-refractivity contribution in [2.75, 3.05) is 13.2 Å². The van der Waals surface area contributed by atoms with Crippen LogP contribution in [0.2, 0.25) is 0 Å². The molecule has 1 atom stereocenters. The number of carbonyl (C=O) groups excluding carboxylic acids is 1. The van der Waals surface area contributed by atoms with Crippen LogP contribution < -0.4 is 5.32 Å². The van der Waals surface area contributed by atoms with Gasteiger partial charge in [-0.1, -0.05) is 6.42 Å². The molecule has 1 aliphatic carbocycles. The van der Waals surface area contributed by atoms with Crippen LogP contribution in [-0.2, 0) is 14.3 Å². The predicted molar refractivity (Wildman–Crippen MR) is 60.5 cm³/mol. The van der Waals surface area contributed by atoms with Crippen LogP contribution >= 0.6 is 0 Å². The smallest absolute Gasteiger partial charge is 0.319 e. The lowest BCUT2D eigenvalue weighted by molar-refractivity contribution is -0.162. The minimum absolute atomic E-state index is 0.320. The van der Waals surface area contributed by atoms with Gasteiger partial charge in [-0.25, -0.2) is 0 Å². The van der Waals surface area contributed by atoms with Gasteiger partial charge in [-0.05, 0) is 32.6 Å². The van der Waals surface area contributed by atoms with E-state index in [1.807, 2.05) is 6.92 Å². The van der Waals surface area contributed by atoms with Crippen molar-refractivity contribution in [3.8, 4) is 0 Å². The Morgan fingerprint density at radius 3 is 2.41 bits per heavy atom. The molecule has 5 heteroatoms. The number of carboxylic acid groups (broad SMARTS) is 1. The van der Waals surface area contributed by atoms with Crippen LogP contribution in [0.25, 0.3) is 0 Å². The molecule has 1 aliphatic heterocycles. The van der Waals surface area contributed by atoms with Gasteiger partial charge in [0.2, 0.25) is 5.91 Å². The molecule has 96 valence electrons. The van der Waals surface area contributed by atoms with E-state index in [-0.39, 0.29) is 11.5 Å². The summed E-state index contributed by atoms with van der Waals surface area (Å²) in [5, 5.41) is 11.9. The van der Waals surface area contributed by atoms with E-state index in [4.69, 9.17) is 9.84 Å². The lowest BCUT2D eigenvalue weighted by Gasteiger charge is -2.36. The standard InChI is InChI=1S/C12H19NO4/c1-11(4-3-7-17-11)8-13-9(14)12(10(15)16)5-2-6-12/h2-8H2,1H3,(H,13,14)(H,15,16). The van der Waals surface area contributed by atoms with E-state index in [2.05, 4.69) is 5.32 Å². The molecule has 2 N–H and O–H groups in total. The van der Waals surface area contributed by atoms with Gasteiger partial charge in [0.05, 0.1) is 5.60 Å². The van der Waals surface area contributed by atoms with Crippen molar-refractivity contribution in [1.82, 2.24) is 5.32 Å². The topological polar surface area (TPSA) is 75.6 Å². The summed E-state index contributed by atoms with van der Waals surface area (Å²) < 4.78 is 5.55. The lowest BCUT2D eigenvalue weighted by Crippen LogP contribution is -2.53. The molecular formula is C12H19NO4. The largest absolute Gasteiger partial charge is 0.480 e. The average Bonchev–Trinajstić information content (AvgIpc) is 2.60. The lowest BCUT2D eigenvalue weighted by atomic mass is 9.68. The number of nitrogens with one attached hydrogen (secondary N) is 1. The molecular weight excluding hydrogens is 222 g/mol. The monoisotopic (exact) mass is 241 g/mol. The fourth-order valence-electron chi connectivity index (χ4n) is 2.48. The molecule has 0 bridgehead atoms. The van der Waals surface area contributed by atoms with Crippen LogP contribution in [0.3, 0.4) is 0 Å². The number of carbonyl (C=O) groups is 2. The Morgan fingerprint density at radius 2 is 2.00 bits per heavy atom. The van der Waals surface area contributed by atoms with Gasteiger partial charge in [0.25, 0.3) is 0 Å². The maximum atomic E-state index is 11.9. The SMILES string of the molecule is CC1(CNC(=O)C2(C(=O)O)CCC2)CCCO1. The fraction of sp³-hybridized carbons (Fsp3) is 0.833. The second kappa shape index (κ2) is 4.29. The van der Waals surface area contributed by atoms with E-state index in [1.54, 1.807) is 0 Å². The Bertz CT molecular complexity index is 329. The van der Waals surface area contributed by atoms with Crippen molar-refractivity contribution in [3.05, 3.63) is 0 Å². The zero-order valence-electron chi connectivity index (χ0n) is 10.1. The fourth-order valence-corrected chi connectivity index (χ4v) is 2.48. The Hall–Kier alpha value is -1.10. The number of rotatable bonds is 4. The Balaban J connectivity index is 1.90. The number of hydrogen-bond acceptors (Lipinski definition) is 3. The van der Waals surface area contributed by atoms with Gasteiger partial charge >= 0.3 is 5.97 Å². The zero-order valence-corrected chi connectivity index (χ0v) is 10.1. The highest BCUT2D eigenvalue weighted by molar-refractivity contribution is 6.02. The second-order valence-corrected chi connectivity index (χ2v) is 5.33. The van der Waals surface area contributed by atoms with Gasteiger partial charge in [0.1, 0.15) is 5.41 Å². The normalized spacial score (nSPS) is 30.6. The maximum absolute atomic E-state index is 11.9. The molecule has 1 saturated heterocycles. The second-order valence-electron chi connectivity index (χ2n) is 5.33. The van der Waals surface area contributed by atoms with Crippen LogP contribution in [0.15, 0.2) is 0 Å². The summed E-state index contributed by atoms with van der Waals surface area (Å²) in [6.45, 7) is 3.08. The zero-order chi connectivity index (χ0) is 12.5. The van der Waals surface area contributed by atoms with Crippen LogP contribution in [0, 0.1) is 5.41 Å². The Labute approximate surface area is 101 Å². The van der Waals surface area contributed by atoms with Gasteiger partial charge in [-0.3, -0.25) is 9.59 Å². The molecule has 0 aromatic heterocycles. The molecule has 1 amide bonds. The van der Waals surface area contributed by atoms with Gasteiger partial charge < -0.3 is 15.2 Å². The molecule has 2 fully saturated rings. The van der Waals surface area contributed by atoms with Crippen LogP contribution in [0.5, 0.6) is 0 Å². The first kappa shape index (κ1) is 12.4. The van der Waals surface area contributed by atoms with Crippen molar-refractivity contribution in [1.29, 1.82) is 0 Å². The van der Waals surface area contributed by atoms with E-state index in [0.29, 0.717) is 19.4 Å². The molecule has 1 saturated carbocycles. The molecule has 0 aromatic carbocycles. The van der Waals surface area contributed by atoms with Crippen LogP contribution in [0.1, 0.15) is 39.0 Å². The van der Waals surface area contributed by atoms with Crippen LogP contribution in [0.4, 0.5) is 0 Å². The number of ether oxygens (including phenoxy) is 1. The molecule has 5 nitrogen and oxygen atoms in total. The molecule has 1 heterocycles. The number of carboxylic acids is 1. The highest BCUT2D eigenvalue weighted by Gasteiger charge is 2.51. The molecule has 1 unspecified atom stereocenters. The first-order chi connectivity index (χ1) is 7.99. The summed E-state index contributed by atoms with van der Waals surface area (Å²) >= 11 is 0. The highest BCUT2D eigenvalue weighted by Crippen LogP contribution is 2.41. The summed E-state index contributed by atoms with van der Waals surface area (Å²) in [6.07, 6.45) is 3.62. The van der Waals surface area contributed by atoms with Gasteiger partial charge in [-0.15, -0.1) is 0 Å². The predicted octanol–water partition coefficient (Wildman–Crippen LogP) is 0.927. The molecule has 0 spiro atoms. The third-order valence-corrected chi connectivity index (χ3v) is 3.97. The van der Waals surface area contributed by atoms with Gasteiger partial charge in [-0.2, -0.15) is 0 Å². The summed E-state index contributed by atoms with van der Waals surface area (Å²) in [5.41, 5.74) is -1.49. The molecule has 17 heavy (non-hydrogen) atoms. The molecule has 2 rings (SSSR count). The maximum Gasteiger partial charge on any atom is 0.319 e. The van der Waals surface area contributed by atoms with Crippen LogP contribution in [-0.4, -0.2) is 35.7 Å². The quantitative estimate of drug-likeness (QED) is 0.718. The Kier molecular flexibility index (Phi) is 3.12. The van der Waals surface area contributed by atoms with E-state index in [1.165, 1.54) is 0 Å².